The van der Waals surface area contributed by atoms with E-state index in [1.54, 1.807) is 6.92 Å². The fraction of sp³-hybridized carbons (Fsp3) is 0.533. The highest BCUT2D eigenvalue weighted by molar-refractivity contribution is 5.76. The Morgan fingerprint density at radius 1 is 1.37 bits per heavy atom. The van der Waals surface area contributed by atoms with Crippen LogP contribution in [0.15, 0.2) is 24.3 Å². The number of carbonyl (C=O) groups is 1. The van der Waals surface area contributed by atoms with Gasteiger partial charge in [-0.25, -0.2) is 0 Å². The Hall–Kier alpha value is -1.55. The molecule has 1 amide bonds. The van der Waals surface area contributed by atoms with E-state index in [1.165, 1.54) is 0 Å². The lowest BCUT2D eigenvalue weighted by atomic mass is 10.0. The SMILES string of the molecule is CC(O)CC(C)CNC(=O)CCc1ccccc1N. The second-order valence-corrected chi connectivity index (χ2v) is 5.19. The molecule has 4 nitrogen and oxygen atoms in total. The van der Waals surface area contributed by atoms with E-state index in [9.17, 15) is 9.90 Å². The van der Waals surface area contributed by atoms with Crippen molar-refractivity contribution in [3.8, 4) is 0 Å². The quantitative estimate of drug-likeness (QED) is 0.656. The van der Waals surface area contributed by atoms with Gasteiger partial charge < -0.3 is 16.2 Å². The number of rotatable bonds is 7. The van der Waals surface area contributed by atoms with Crippen molar-refractivity contribution in [2.24, 2.45) is 5.92 Å². The summed E-state index contributed by atoms with van der Waals surface area (Å²) in [6.07, 6.45) is 1.47. The summed E-state index contributed by atoms with van der Waals surface area (Å²) in [4.78, 5) is 11.7. The standard InChI is InChI=1S/C15H24N2O2/c1-11(9-12(2)18)10-17-15(19)8-7-13-5-3-4-6-14(13)16/h3-6,11-12,18H,7-10,16H2,1-2H3,(H,17,19). The number of nitrogen functional groups attached to an aromatic ring is 1. The summed E-state index contributed by atoms with van der Waals surface area (Å²) in [5.74, 6) is 0.312. The lowest BCUT2D eigenvalue weighted by molar-refractivity contribution is -0.121. The second kappa shape index (κ2) is 7.79. The molecule has 0 aromatic heterocycles. The van der Waals surface area contributed by atoms with Gasteiger partial charge in [0.1, 0.15) is 0 Å². The van der Waals surface area contributed by atoms with Crippen molar-refractivity contribution in [1.29, 1.82) is 0 Å². The van der Waals surface area contributed by atoms with Crippen molar-refractivity contribution in [3.05, 3.63) is 29.8 Å². The molecule has 19 heavy (non-hydrogen) atoms. The summed E-state index contributed by atoms with van der Waals surface area (Å²) in [5.41, 5.74) is 7.57. The van der Waals surface area contributed by atoms with E-state index >= 15 is 0 Å². The normalized spacial score (nSPS) is 13.8. The average Bonchev–Trinajstić information content (AvgIpc) is 2.34. The number of benzene rings is 1. The molecule has 0 heterocycles. The molecule has 1 aromatic carbocycles. The largest absolute Gasteiger partial charge is 0.399 e. The number of carbonyl (C=O) groups excluding carboxylic acids is 1. The molecule has 0 aliphatic rings. The minimum atomic E-state index is -0.323. The van der Waals surface area contributed by atoms with Crippen LogP contribution in [0.3, 0.4) is 0 Å². The fourth-order valence-corrected chi connectivity index (χ4v) is 2.05. The van der Waals surface area contributed by atoms with E-state index in [-0.39, 0.29) is 17.9 Å². The van der Waals surface area contributed by atoms with E-state index in [2.05, 4.69) is 5.32 Å². The third-order valence-electron chi connectivity index (χ3n) is 3.07. The molecule has 0 bridgehead atoms. The minimum absolute atomic E-state index is 0.0284. The molecule has 4 N–H and O–H groups in total. The third kappa shape index (κ3) is 6.25. The molecule has 0 fully saturated rings. The van der Waals surface area contributed by atoms with Gasteiger partial charge in [0.05, 0.1) is 6.10 Å². The van der Waals surface area contributed by atoms with Crippen molar-refractivity contribution in [1.82, 2.24) is 5.32 Å². The number of aliphatic hydroxyl groups is 1. The lowest BCUT2D eigenvalue weighted by Gasteiger charge is -2.14. The summed E-state index contributed by atoms with van der Waals surface area (Å²) in [5, 5.41) is 12.1. The highest BCUT2D eigenvalue weighted by Crippen LogP contribution is 2.12. The minimum Gasteiger partial charge on any atom is -0.399 e. The van der Waals surface area contributed by atoms with Crippen LogP contribution in [0.5, 0.6) is 0 Å². The summed E-state index contributed by atoms with van der Waals surface area (Å²) in [6.45, 7) is 4.38. The summed E-state index contributed by atoms with van der Waals surface area (Å²) >= 11 is 0. The van der Waals surface area contributed by atoms with Crippen LogP contribution < -0.4 is 11.1 Å². The van der Waals surface area contributed by atoms with E-state index in [0.29, 0.717) is 25.8 Å². The van der Waals surface area contributed by atoms with Gasteiger partial charge in [0.2, 0.25) is 5.91 Å². The average molecular weight is 264 g/mol. The predicted molar refractivity (Wildman–Crippen MR) is 77.6 cm³/mol. The number of para-hydroxylation sites is 1. The van der Waals surface area contributed by atoms with Gasteiger partial charge in [0, 0.05) is 18.7 Å². The predicted octanol–water partition coefficient (Wildman–Crippen LogP) is 1.72. The van der Waals surface area contributed by atoms with Crippen LogP contribution in [0.25, 0.3) is 0 Å². The third-order valence-corrected chi connectivity index (χ3v) is 3.07. The van der Waals surface area contributed by atoms with Crippen LogP contribution >= 0.6 is 0 Å². The van der Waals surface area contributed by atoms with Crippen LogP contribution in [-0.2, 0) is 11.2 Å². The smallest absolute Gasteiger partial charge is 0.220 e. The first-order chi connectivity index (χ1) is 8.99. The molecule has 0 aliphatic heterocycles. The van der Waals surface area contributed by atoms with Gasteiger partial charge in [0.15, 0.2) is 0 Å². The Morgan fingerprint density at radius 2 is 2.05 bits per heavy atom. The van der Waals surface area contributed by atoms with Gasteiger partial charge in [-0.05, 0) is 37.3 Å². The molecule has 0 radical (unpaired) electrons. The summed E-state index contributed by atoms with van der Waals surface area (Å²) < 4.78 is 0. The second-order valence-electron chi connectivity index (χ2n) is 5.19. The number of hydrogen-bond acceptors (Lipinski definition) is 3. The topological polar surface area (TPSA) is 75.3 Å². The number of nitrogens with two attached hydrogens (primary N) is 1. The van der Waals surface area contributed by atoms with Crippen molar-refractivity contribution in [2.75, 3.05) is 12.3 Å². The van der Waals surface area contributed by atoms with Gasteiger partial charge >= 0.3 is 0 Å². The summed E-state index contributed by atoms with van der Waals surface area (Å²) in [6, 6.07) is 7.60. The maximum Gasteiger partial charge on any atom is 0.220 e. The molecular weight excluding hydrogens is 240 g/mol. The van der Waals surface area contributed by atoms with Crippen molar-refractivity contribution >= 4 is 11.6 Å². The van der Waals surface area contributed by atoms with E-state index in [4.69, 9.17) is 5.73 Å². The first-order valence-corrected chi connectivity index (χ1v) is 6.77. The van der Waals surface area contributed by atoms with Crippen molar-refractivity contribution in [2.45, 2.75) is 39.2 Å². The maximum absolute atomic E-state index is 11.7. The highest BCUT2D eigenvalue weighted by Gasteiger charge is 2.09. The van der Waals surface area contributed by atoms with Crippen LogP contribution in [-0.4, -0.2) is 23.7 Å². The molecule has 0 saturated carbocycles. The number of nitrogens with one attached hydrogen (secondary N) is 1. The van der Waals surface area contributed by atoms with Crippen LogP contribution in [0, 0.1) is 5.92 Å². The molecule has 106 valence electrons. The molecule has 0 spiro atoms. The first kappa shape index (κ1) is 15.5. The van der Waals surface area contributed by atoms with Gasteiger partial charge in [-0.15, -0.1) is 0 Å². The van der Waals surface area contributed by atoms with Crippen molar-refractivity contribution in [3.63, 3.8) is 0 Å². The zero-order chi connectivity index (χ0) is 14.3. The molecular formula is C15H24N2O2. The number of hydrogen-bond donors (Lipinski definition) is 3. The van der Waals surface area contributed by atoms with Crippen LogP contribution in [0.1, 0.15) is 32.3 Å². The monoisotopic (exact) mass is 264 g/mol. The molecule has 1 aromatic rings. The molecule has 2 atom stereocenters. The number of amides is 1. The molecule has 1 rings (SSSR count). The zero-order valence-electron chi connectivity index (χ0n) is 11.7. The Bertz CT molecular complexity index is 405. The number of aryl methyl sites for hydroxylation is 1. The highest BCUT2D eigenvalue weighted by atomic mass is 16.3. The van der Waals surface area contributed by atoms with Gasteiger partial charge in [-0.3, -0.25) is 4.79 Å². The van der Waals surface area contributed by atoms with Gasteiger partial charge in [-0.1, -0.05) is 25.1 Å². The lowest BCUT2D eigenvalue weighted by Crippen LogP contribution is -2.29. The zero-order valence-corrected chi connectivity index (χ0v) is 11.7. The van der Waals surface area contributed by atoms with Crippen molar-refractivity contribution < 1.29 is 9.90 Å². The van der Waals surface area contributed by atoms with Gasteiger partial charge in [-0.2, -0.15) is 0 Å². The Morgan fingerprint density at radius 3 is 2.68 bits per heavy atom. The van der Waals surface area contributed by atoms with E-state index in [1.807, 2.05) is 31.2 Å². The fourth-order valence-electron chi connectivity index (χ4n) is 2.05. The summed E-state index contributed by atoms with van der Waals surface area (Å²) in [7, 11) is 0. The Labute approximate surface area is 115 Å². The first-order valence-electron chi connectivity index (χ1n) is 6.77. The van der Waals surface area contributed by atoms with Crippen LogP contribution in [0.4, 0.5) is 5.69 Å². The van der Waals surface area contributed by atoms with E-state index < -0.39 is 0 Å². The van der Waals surface area contributed by atoms with Gasteiger partial charge in [0.25, 0.3) is 0 Å². The van der Waals surface area contributed by atoms with Crippen LogP contribution in [0.2, 0.25) is 0 Å². The maximum atomic E-state index is 11.7. The Kier molecular flexibility index (Phi) is 6.36. The molecule has 0 aliphatic carbocycles. The van der Waals surface area contributed by atoms with E-state index in [0.717, 1.165) is 11.3 Å². The Balaban J connectivity index is 2.27. The molecule has 4 heteroatoms. The molecule has 2 unspecified atom stereocenters. The molecule has 0 saturated heterocycles. The number of aliphatic hydroxyl groups excluding tert-OH is 1. The number of anilines is 1.